The van der Waals surface area contributed by atoms with Crippen molar-refractivity contribution >= 4 is 23.8 Å². The molecule has 0 aromatic heterocycles. The number of carbonyl (C=O) groups is 4. The van der Waals surface area contributed by atoms with E-state index in [4.69, 9.17) is 14.2 Å². The van der Waals surface area contributed by atoms with Crippen LogP contribution in [0.25, 0.3) is 0 Å². The summed E-state index contributed by atoms with van der Waals surface area (Å²) in [6.45, 7) is 6.56. The zero-order chi connectivity index (χ0) is 33.7. The summed E-state index contributed by atoms with van der Waals surface area (Å²) in [4.78, 5) is 59.3. The Balaban J connectivity index is 1.33. The van der Waals surface area contributed by atoms with E-state index in [1.54, 1.807) is 49.1 Å². The Morgan fingerprint density at radius 2 is 1.74 bits per heavy atom. The van der Waals surface area contributed by atoms with Crippen LogP contribution in [0, 0.1) is 11.8 Å². The Morgan fingerprint density at radius 3 is 2.47 bits per heavy atom. The highest BCUT2D eigenvalue weighted by molar-refractivity contribution is 5.97. The highest BCUT2D eigenvalue weighted by Crippen LogP contribution is 2.30. The van der Waals surface area contributed by atoms with Crippen LogP contribution in [0.5, 0.6) is 17.2 Å². The lowest BCUT2D eigenvalue weighted by molar-refractivity contribution is -0.143. The van der Waals surface area contributed by atoms with E-state index in [0.717, 1.165) is 5.56 Å². The molecule has 47 heavy (non-hydrogen) atoms. The fraction of sp³-hybridized carbons (Fsp3) is 0.543. The van der Waals surface area contributed by atoms with Crippen molar-refractivity contribution in [2.45, 2.75) is 51.9 Å². The van der Waals surface area contributed by atoms with Crippen molar-refractivity contribution in [1.82, 2.24) is 24.9 Å². The lowest BCUT2D eigenvalue weighted by Gasteiger charge is -2.41. The van der Waals surface area contributed by atoms with Gasteiger partial charge in [-0.05, 0) is 55.0 Å². The molecule has 2 aromatic rings. The molecule has 0 radical (unpaired) electrons. The highest BCUT2D eigenvalue weighted by atomic mass is 16.5. The molecule has 12 nitrogen and oxygen atoms in total. The summed E-state index contributed by atoms with van der Waals surface area (Å²) in [5.74, 6) is 1.06. The SMILES string of the molecule is CC(C)COc1cc2cc(c1)C(=O)N(C)CC(=O)N[C@H]1CCN(C(=O)C3CCN(C(=O)N(C)C)CC3)C[C@@H]1OCc1cccc(c1)O2. The Hall–Kier alpha value is -4.32. The maximum Gasteiger partial charge on any atom is 0.319 e. The van der Waals surface area contributed by atoms with Gasteiger partial charge in [0.05, 0.1) is 31.9 Å². The lowest BCUT2D eigenvalue weighted by atomic mass is 9.93. The number of carbonyl (C=O) groups excluding carboxylic acids is 4. The van der Waals surface area contributed by atoms with Gasteiger partial charge in [-0.2, -0.15) is 0 Å². The fourth-order valence-corrected chi connectivity index (χ4v) is 6.21. The van der Waals surface area contributed by atoms with E-state index in [-0.39, 0.29) is 48.9 Å². The van der Waals surface area contributed by atoms with Gasteiger partial charge in [0.25, 0.3) is 5.91 Å². The Labute approximate surface area is 276 Å². The first kappa shape index (κ1) is 34.0. The van der Waals surface area contributed by atoms with E-state index in [0.29, 0.717) is 80.8 Å². The summed E-state index contributed by atoms with van der Waals surface area (Å²) in [6.07, 6.45) is 1.28. The molecule has 3 heterocycles. The smallest absolute Gasteiger partial charge is 0.319 e. The van der Waals surface area contributed by atoms with Gasteiger partial charge in [0.2, 0.25) is 11.8 Å². The zero-order valence-electron chi connectivity index (χ0n) is 28.1. The van der Waals surface area contributed by atoms with Gasteiger partial charge in [-0.1, -0.05) is 26.0 Å². The molecule has 0 unspecified atom stereocenters. The molecule has 254 valence electrons. The monoisotopic (exact) mass is 649 g/mol. The van der Waals surface area contributed by atoms with Crippen LogP contribution in [0.4, 0.5) is 4.79 Å². The largest absolute Gasteiger partial charge is 0.493 e. The third-order valence-electron chi connectivity index (χ3n) is 8.75. The molecule has 2 aromatic carbocycles. The lowest BCUT2D eigenvalue weighted by Crippen LogP contribution is -2.58. The van der Waals surface area contributed by atoms with Crippen LogP contribution in [0.15, 0.2) is 42.5 Å². The molecule has 5 rings (SSSR count). The first-order valence-electron chi connectivity index (χ1n) is 16.4. The summed E-state index contributed by atoms with van der Waals surface area (Å²) < 4.78 is 18.6. The van der Waals surface area contributed by atoms with E-state index in [1.165, 1.54) is 4.90 Å². The van der Waals surface area contributed by atoms with Crippen LogP contribution in [0.3, 0.4) is 0 Å². The van der Waals surface area contributed by atoms with Gasteiger partial charge in [0.1, 0.15) is 17.2 Å². The number of hydrogen-bond acceptors (Lipinski definition) is 7. The van der Waals surface area contributed by atoms with Gasteiger partial charge in [-0.3, -0.25) is 14.4 Å². The molecule has 0 aliphatic carbocycles. The molecule has 2 saturated heterocycles. The quantitative estimate of drug-likeness (QED) is 0.538. The molecule has 3 aliphatic rings. The Morgan fingerprint density at radius 1 is 1.00 bits per heavy atom. The standard InChI is InChI=1S/C35H47N5O7/c1-23(2)21-45-28-16-26-17-29(18-28)47-27-8-6-7-24(15-27)22-46-31-19-40(14-11-30(31)36-32(41)20-38(5)33(26)42)34(43)25-9-12-39(13-10-25)35(44)37(3)4/h6-8,15-18,23,25,30-31H,9-14,19-22H2,1-5H3,(H,36,41)/t30-,31-/m0/s1. The molecule has 2 atom stereocenters. The minimum absolute atomic E-state index is 0.0396. The van der Waals surface area contributed by atoms with Crippen LogP contribution in [-0.4, -0.2) is 116 Å². The van der Waals surface area contributed by atoms with Crippen molar-refractivity contribution in [2.75, 3.05) is 60.5 Å². The summed E-state index contributed by atoms with van der Waals surface area (Å²) in [6, 6.07) is 12.2. The number of piperidine rings is 2. The summed E-state index contributed by atoms with van der Waals surface area (Å²) in [5, 5.41) is 3.08. The summed E-state index contributed by atoms with van der Waals surface area (Å²) in [7, 11) is 5.05. The minimum Gasteiger partial charge on any atom is -0.493 e. The van der Waals surface area contributed by atoms with Gasteiger partial charge in [0.15, 0.2) is 0 Å². The number of likely N-dealkylation sites (tertiary alicyclic amines) is 2. The predicted octanol–water partition coefficient (Wildman–Crippen LogP) is 3.60. The van der Waals surface area contributed by atoms with Crippen molar-refractivity contribution in [3.63, 3.8) is 0 Å². The van der Waals surface area contributed by atoms with Gasteiger partial charge in [0, 0.05) is 64.9 Å². The number of nitrogens with one attached hydrogen (secondary N) is 1. The number of rotatable bonds is 4. The third-order valence-corrected chi connectivity index (χ3v) is 8.75. The molecular formula is C35H47N5O7. The van der Waals surface area contributed by atoms with Gasteiger partial charge >= 0.3 is 6.03 Å². The topological polar surface area (TPSA) is 121 Å². The second-order valence-corrected chi connectivity index (χ2v) is 13.3. The number of ether oxygens (including phenoxy) is 3. The second-order valence-electron chi connectivity index (χ2n) is 13.3. The highest BCUT2D eigenvalue weighted by Gasteiger charge is 2.37. The average molecular weight is 650 g/mol. The fourth-order valence-electron chi connectivity index (χ4n) is 6.21. The molecule has 3 aliphatic heterocycles. The van der Waals surface area contributed by atoms with Crippen molar-refractivity contribution < 1.29 is 33.4 Å². The Bertz CT molecular complexity index is 1460. The number of fused-ring (bicyclic) bond motifs is 5. The van der Waals surface area contributed by atoms with Crippen LogP contribution >= 0.6 is 0 Å². The molecule has 0 saturated carbocycles. The summed E-state index contributed by atoms with van der Waals surface area (Å²) >= 11 is 0. The molecular weight excluding hydrogens is 602 g/mol. The molecule has 0 spiro atoms. The van der Waals surface area contributed by atoms with Crippen molar-refractivity contribution in [3.8, 4) is 17.2 Å². The van der Waals surface area contributed by atoms with E-state index in [9.17, 15) is 19.2 Å². The van der Waals surface area contributed by atoms with Crippen LogP contribution in [0.1, 0.15) is 49.0 Å². The molecule has 5 amide bonds. The van der Waals surface area contributed by atoms with Crippen molar-refractivity contribution in [2.24, 2.45) is 11.8 Å². The third kappa shape index (κ3) is 8.73. The number of likely N-dealkylation sites (N-methyl/N-ethyl adjacent to an activating group) is 1. The van der Waals surface area contributed by atoms with Crippen LogP contribution < -0.4 is 14.8 Å². The molecule has 12 heteroatoms. The first-order valence-corrected chi connectivity index (χ1v) is 16.4. The predicted molar refractivity (Wildman–Crippen MR) is 175 cm³/mol. The first-order chi connectivity index (χ1) is 22.5. The van der Waals surface area contributed by atoms with Crippen LogP contribution in [0.2, 0.25) is 0 Å². The number of hydrogen-bond donors (Lipinski definition) is 1. The van der Waals surface area contributed by atoms with E-state index < -0.39 is 6.10 Å². The number of nitrogens with zero attached hydrogens (tertiary/aromatic N) is 4. The Kier molecular flexibility index (Phi) is 10.9. The van der Waals surface area contributed by atoms with Crippen molar-refractivity contribution in [3.05, 3.63) is 53.6 Å². The van der Waals surface area contributed by atoms with E-state index in [1.807, 2.05) is 43.0 Å². The minimum atomic E-state index is -0.459. The second kappa shape index (κ2) is 15.1. The number of benzene rings is 2. The number of urea groups is 1. The number of amides is 5. The van der Waals surface area contributed by atoms with E-state index in [2.05, 4.69) is 5.32 Å². The average Bonchev–Trinajstić information content (AvgIpc) is 3.05. The molecule has 2 fully saturated rings. The summed E-state index contributed by atoms with van der Waals surface area (Å²) in [5.41, 5.74) is 1.22. The zero-order valence-corrected chi connectivity index (χ0v) is 28.1. The molecule has 4 bridgehead atoms. The van der Waals surface area contributed by atoms with E-state index >= 15 is 0 Å². The van der Waals surface area contributed by atoms with Crippen LogP contribution in [-0.2, 0) is 20.9 Å². The maximum absolute atomic E-state index is 13.6. The molecule has 1 N–H and O–H groups in total. The van der Waals surface area contributed by atoms with Gasteiger partial charge < -0.3 is 39.1 Å². The van der Waals surface area contributed by atoms with Gasteiger partial charge in [-0.25, -0.2) is 4.79 Å². The van der Waals surface area contributed by atoms with Gasteiger partial charge in [-0.15, -0.1) is 0 Å². The van der Waals surface area contributed by atoms with Crippen molar-refractivity contribution in [1.29, 1.82) is 0 Å². The normalized spacial score (nSPS) is 21.1. The maximum atomic E-state index is 13.6.